The molecule has 130 valence electrons. The van der Waals surface area contributed by atoms with Gasteiger partial charge < -0.3 is 10.1 Å². The van der Waals surface area contributed by atoms with Crippen LogP contribution in [0.25, 0.3) is 0 Å². The Morgan fingerprint density at radius 2 is 1.92 bits per heavy atom. The van der Waals surface area contributed by atoms with Gasteiger partial charge in [0.05, 0.1) is 16.6 Å². The lowest BCUT2D eigenvalue weighted by Crippen LogP contribution is -2.41. The van der Waals surface area contributed by atoms with Crippen molar-refractivity contribution in [2.75, 3.05) is 13.2 Å². The summed E-state index contributed by atoms with van der Waals surface area (Å²) >= 11 is 12.1. The highest BCUT2D eigenvalue weighted by Crippen LogP contribution is 2.32. The molecule has 2 aromatic rings. The van der Waals surface area contributed by atoms with Gasteiger partial charge in [0.15, 0.2) is 5.75 Å². The summed E-state index contributed by atoms with van der Waals surface area (Å²) in [5.74, 6) is -0.0349. The summed E-state index contributed by atoms with van der Waals surface area (Å²) < 4.78 is 5.55. The van der Waals surface area contributed by atoms with E-state index in [9.17, 15) is 9.59 Å². The number of rotatable bonds is 5. The number of para-hydroxylation sites is 1. The fourth-order valence-electron chi connectivity index (χ4n) is 2.61. The summed E-state index contributed by atoms with van der Waals surface area (Å²) in [6.45, 7) is 1.80. The van der Waals surface area contributed by atoms with Gasteiger partial charge in [-0.05, 0) is 25.1 Å². The summed E-state index contributed by atoms with van der Waals surface area (Å²) in [6, 6.07) is 7.98. The maximum Gasteiger partial charge on any atom is 0.325 e. The van der Waals surface area contributed by atoms with Gasteiger partial charge in [0.2, 0.25) is 0 Å². The molecule has 1 aromatic carbocycles. The second-order valence-corrected chi connectivity index (χ2v) is 6.47. The number of halogens is 2. The Morgan fingerprint density at radius 1 is 1.20 bits per heavy atom. The van der Waals surface area contributed by atoms with Gasteiger partial charge in [0.25, 0.3) is 5.91 Å². The van der Waals surface area contributed by atoms with E-state index >= 15 is 0 Å². The van der Waals surface area contributed by atoms with Gasteiger partial charge in [-0.2, -0.15) is 0 Å². The van der Waals surface area contributed by atoms with E-state index in [0.29, 0.717) is 21.4 Å². The van der Waals surface area contributed by atoms with Crippen LogP contribution in [0.4, 0.5) is 4.79 Å². The summed E-state index contributed by atoms with van der Waals surface area (Å²) in [4.78, 5) is 30.1. The summed E-state index contributed by atoms with van der Waals surface area (Å²) in [5.41, 5.74) is -0.529. The smallest absolute Gasteiger partial charge is 0.325 e. The van der Waals surface area contributed by atoms with E-state index in [1.54, 1.807) is 49.6 Å². The Labute approximate surface area is 154 Å². The molecule has 0 radical (unpaired) electrons. The number of amides is 3. The van der Waals surface area contributed by atoms with Crippen LogP contribution in [0.15, 0.2) is 42.7 Å². The first kappa shape index (κ1) is 17.5. The van der Waals surface area contributed by atoms with Crippen molar-refractivity contribution >= 4 is 35.1 Å². The fourth-order valence-corrected chi connectivity index (χ4v) is 3.12. The molecule has 6 nitrogen and oxygen atoms in total. The second-order valence-electron chi connectivity index (χ2n) is 5.65. The average Bonchev–Trinajstić information content (AvgIpc) is 2.82. The lowest BCUT2D eigenvalue weighted by molar-refractivity contribution is -0.131. The van der Waals surface area contributed by atoms with E-state index in [-0.39, 0.29) is 19.1 Å². The summed E-state index contributed by atoms with van der Waals surface area (Å²) in [5, 5.41) is 3.44. The van der Waals surface area contributed by atoms with Gasteiger partial charge in [0, 0.05) is 18.0 Å². The molecule has 1 fully saturated rings. The first-order valence-corrected chi connectivity index (χ1v) is 8.30. The van der Waals surface area contributed by atoms with Crippen molar-refractivity contribution in [1.82, 2.24) is 15.2 Å². The van der Waals surface area contributed by atoms with E-state index in [1.165, 1.54) is 0 Å². The normalized spacial score (nSPS) is 19.9. The van der Waals surface area contributed by atoms with Gasteiger partial charge in [-0.1, -0.05) is 35.3 Å². The van der Waals surface area contributed by atoms with Crippen molar-refractivity contribution < 1.29 is 14.3 Å². The molecule has 1 aliphatic heterocycles. The van der Waals surface area contributed by atoms with E-state index in [0.717, 1.165) is 4.90 Å². The zero-order chi connectivity index (χ0) is 18.0. The zero-order valence-electron chi connectivity index (χ0n) is 13.3. The lowest BCUT2D eigenvalue weighted by atomic mass is 9.94. The zero-order valence-corrected chi connectivity index (χ0v) is 14.8. The molecule has 3 rings (SSSR count). The number of imide groups is 1. The Hall–Kier alpha value is -2.31. The Balaban J connectivity index is 1.70. The first-order valence-electron chi connectivity index (χ1n) is 7.55. The second kappa shape index (κ2) is 6.90. The molecule has 1 N–H and O–H groups in total. The number of aromatic nitrogens is 1. The average molecular weight is 380 g/mol. The van der Waals surface area contributed by atoms with Gasteiger partial charge in [-0.3, -0.25) is 14.7 Å². The number of carbonyl (C=O) groups is 2. The van der Waals surface area contributed by atoms with Crippen molar-refractivity contribution in [2.24, 2.45) is 0 Å². The van der Waals surface area contributed by atoms with Crippen molar-refractivity contribution in [3.8, 4) is 5.75 Å². The molecule has 1 saturated heterocycles. The van der Waals surface area contributed by atoms with Gasteiger partial charge in [-0.25, -0.2) is 4.79 Å². The van der Waals surface area contributed by atoms with Gasteiger partial charge >= 0.3 is 6.03 Å². The first-order chi connectivity index (χ1) is 11.9. The Morgan fingerprint density at radius 3 is 2.56 bits per heavy atom. The number of hydrogen-bond donors (Lipinski definition) is 1. The van der Waals surface area contributed by atoms with Crippen LogP contribution < -0.4 is 10.1 Å². The number of carbonyl (C=O) groups excluding carboxylic acids is 2. The van der Waals surface area contributed by atoms with Crippen molar-refractivity contribution in [1.29, 1.82) is 0 Å². The van der Waals surface area contributed by atoms with E-state index in [4.69, 9.17) is 27.9 Å². The minimum absolute atomic E-state index is 0.0715. The Kier molecular flexibility index (Phi) is 4.83. The van der Waals surface area contributed by atoms with Crippen molar-refractivity contribution in [3.05, 3.63) is 58.3 Å². The summed E-state index contributed by atoms with van der Waals surface area (Å²) in [7, 11) is 0. The molecule has 0 aliphatic carbocycles. The monoisotopic (exact) mass is 379 g/mol. The highest BCUT2D eigenvalue weighted by molar-refractivity contribution is 6.37. The predicted octanol–water partition coefficient (Wildman–Crippen LogP) is 3.23. The van der Waals surface area contributed by atoms with E-state index in [1.807, 2.05) is 0 Å². The molecule has 25 heavy (non-hydrogen) atoms. The number of pyridine rings is 1. The van der Waals surface area contributed by atoms with Crippen LogP contribution in [0.1, 0.15) is 12.5 Å². The number of hydrogen-bond acceptors (Lipinski definition) is 4. The van der Waals surface area contributed by atoms with Crippen LogP contribution in [-0.4, -0.2) is 35.0 Å². The molecule has 8 heteroatoms. The van der Waals surface area contributed by atoms with Crippen molar-refractivity contribution in [3.63, 3.8) is 0 Å². The number of benzene rings is 1. The number of nitrogens with one attached hydrogen (secondary N) is 1. The lowest BCUT2D eigenvalue weighted by Gasteiger charge is -2.21. The molecule has 2 heterocycles. The standard InChI is InChI=1S/C17H15Cl2N3O3/c1-17(11-4-3-7-20-10-11)15(23)22(16(24)21-17)8-9-25-14-12(18)5-2-6-13(14)19/h2-7,10H,8-9H2,1H3,(H,21,24)/t17-/m1/s1. The summed E-state index contributed by atoms with van der Waals surface area (Å²) in [6.07, 6.45) is 3.16. The molecular weight excluding hydrogens is 365 g/mol. The van der Waals surface area contributed by atoms with Crippen molar-refractivity contribution in [2.45, 2.75) is 12.5 Å². The maximum atomic E-state index is 12.7. The third-order valence-electron chi connectivity index (χ3n) is 3.99. The maximum absolute atomic E-state index is 12.7. The third-order valence-corrected chi connectivity index (χ3v) is 4.59. The highest BCUT2D eigenvalue weighted by Gasteiger charge is 2.48. The highest BCUT2D eigenvalue weighted by atomic mass is 35.5. The van der Waals surface area contributed by atoms with Gasteiger partial charge in [-0.15, -0.1) is 0 Å². The molecular formula is C17H15Cl2N3O3. The molecule has 0 bridgehead atoms. The fraction of sp³-hybridized carbons (Fsp3) is 0.235. The van der Waals surface area contributed by atoms with Crippen LogP contribution >= 0.6 is 23.2 Å². The van der Waals surface area contributed by atoms with Crippen LogP contribution in [0.2, 0.25) is 10.0 Å². The molecule has 1 aromatic heterocycles. The van der Waals surface area contributed by atoms with E-state index in [2.05, 4.69) is 10.3 Å². The minimum atomic E-state index is -1.15. The number of nitrogens with zero attached hydrogens (tertiary/aromatic N) is 2. The van der Waals surface area contributed by atoms with Crippen LogP contribution in [-0.2, 0) is 10.3 Å². The van der Waals surface area contributed by atoms with E-state index < -0.39 is 11.6 Å². The van der Waals surface area contributed by atoms with Crippen LogP contribution in [0.3, 0.4) is 0 Å². The molecule has 1 atom stereocenters. The number of ether oxygens (including phenoxy) is 1. The topological polar surface area (TPSA) is 71.5 Å². The largest absolute Gasteiger partial charge is 0.489 e. The Bertz CT molecular complexity index is 796. The molecule has 0 saturated carbocycles. The SMILES string of the molecule is C[C@]1(c2cccnc2)NC(=O)N(CCOc2c(Cl)cccc2Cl)C1=O. The van der Waals surface area contributed by atoms with Crippen LogP contribution in [0.5, 0.6) is 5.75 Å². The van der Waals surface area contributed by atoms with Crippen LogP contribution in [0, 0.1) is 0 Å². The molecule has 1 aliphatic rings. The third kappa shape index (κ3) is 3.27. The number of urea groups is 1. The predicted molar refractivity (Wildman–Crippen MR) is 93.8 cm³/mol. The van der Waals surface area contributed by atoms with Gasteiger partial charge in [0.1, 0.15) is 12.1 Å². The molecule has 0 spiro atoms. The quantitative estimate of drug-likeness (QED) is 0.809. The molecule has 3 amide bonds. The minimum Gasteiger partial charge on any atom is -0.489 e. The molecule has 0 unspecified atom stereocenters.